The summed E-state index contributed by atoms with van der Waals surface area (Å²) >= 11 is 5.97. The predicted molar refractivity (Wildman–Crippen MR) is 81.0 cm³/mol. The Labute approximate surface area is 121 Å². The Hall–Kier alpha value is -0.610. The highest BCUT2D eigenvalue weighted by molar-refractivity contribution is 6.30. The van der Waals surface area contributed by atoms with Gasteiger partial charge in [-0.05, 0) is 57.0 Å². The molecule has 106 valence electrons. The lowest BCUT2D eigenvalue weighted by molar-refractivity contribution is 0.0840. The molecule has 1 aromatic carbocycles. The average Bonchev–Trinajstić information content (AvgIpc) is 2.96. The van der Waals surface area contributed by atoms with Gasteiger partial charge >= 0.3 is 0 Å². The number of halogens is 1. The Morgan fingerprint density at radius 3 is 2.37 bits per heavy atom. The lowest BCUT2D eigenvalue weighted by Gasteiger charge is -2.44. The lowest BCUT2D eigenvalue weighted by atomic mass is 9.83. The largest absolute Gasteiger partial charge is 0.296 e. The molecule has 1 aliphatic rings. The highest BCUT2D eigenvalue weighted by atomic mass is 35.5. The van der Waals surface area contributed by atoms with Gasteiger partial charge in [0, 0.05) is 10.6 Å². The van der Waals surface area contributed by atoms with Gasteiger partial charge in [0.25, 0.3) is 0 Å². The van der Waals surface area contributed by atoms with Crippen molar-refractivity contribution >= 4 is 11.6 Å². The van der Waals surface area contributed by atoms with Crippen LogP contribution < -0.4 is 11.3 Å². The fourth-order valence-corrected chi connectivity index (χ4v) is 3.25. The molecule has 1 aromatic rings. The molecule has 1 heterocycles. The van der Waals surface area contributed by atoms with E-state index in [9.17, 15) is 0 Å². The van der Waals surface area contributed by atoms with E-state index in [0.717, 1.165) is 24.5 Å². The summed E-state index contributed by atoms with van der Waals surface area (Å²) in [5, 5.41) is 0.763. The zero-order valence-corrected chi connectivity index (χ0v) is 12.6. The summed E-state index contributed by atoms with van der Waals surface area (Å²) in [7, 11) is 0. The quantitative estimate of drug-likeness (QED) is 0.644. The molecule has 3 nitrogen and oxygen atoms in total. The molecule has 4 heteroatoms. The topological polar surface area (TPSA) is 41.3 Å². The Bertz CT molecular complexity index is 400. The molecule has 0 aliphatic carbocycles. The normalized spacial score (nSPS) is 21.3. The second kappa shape index (κ2) is 6.23. The van der Waals surface area contributed by atoms with Crippen molar-refractivity contribution in [3.05, 3.63) is 34.9 Å². The SMILES string of the molecule is CCC(C)(C(NN)c1ccc(Cl)cc1)N1CCCC1. The van der Waals surface area contributed by atoms with Crippen LogP contribution in [0.25, 0.3) is 0 Å². The summed E-state index contributed by atoms with van der Waals surface area (Å²) in [5.41, 5.74) is 4.26. The maximum atomic E-state index is 5.97. The van der Waals surface area contributed by atoms with Crippen molar-refractivity contribution in [1.82, 2.24) is 10.3 Å². The van der Waals surface area contributed by atoms with Crippen molar-refractivity contribution in [1.29, 1.82) is 0 Å². The van der Waals surface area contributed by atoms with E-state index >= 15 is 0 Å². The molecular weight excluding hydrogens is 258 g/mol. The van der Waals surface area contributed by atoms with Crippen LogP contribution in [0.3, 0.4) is 0 Å². The Kier molecular flexibility index (Phi) is 4.85. The highest BCUT2D eigenvalue weighted by Crippen LogP contribution is 2.36. The molecule has 0 aromatic heterocycles. The maximum Gasteiger partial charge on any atom is 0.0641 e. The van der Waals surface area contributed by atoms with Gasteiger partial charge in [-0.1, -0.05) is 30.7 Å². The molecule has 0 bridgehead atoms. The Morgan fingerprint density at radius 1 is 1.32 bits per heavy atom. The third-order valence-electron chi connectivity index (χ3n) is 4.54. The van der Waals surface area contributed by atoms with Gasteiger partial charge in [0.15, 0.2) is 0 Å². The minimum absolute atomic E-state index is 0.0408. The van der Waals surface area contributed by atoms with Gasteiger partial charge in [0.05, 0.1) is 6.04 Å². The van der Waals surface area contributed by atoms with Crippen molar-refractivity contribution in [3.8, 4) is 0 Å². The molecule has 1 saturated heterocycles. The smallest absolute Gasteiger partial charge is 0.0641 e. The van der Waals surface area contributed by atoms with Gasteiger partial charge in [-0.25, -0.2) is 0 Å². The molecule has 1 fully saturated rings. The van der Waals surface area contributed by atoms with E-state index in [1.54, 1.807) is 0 Å². The van der Waals surface area contributed by atoms with Gasteiger partial charge in [-0.15, -0.1) is 0 Å². The standard InChI is InChI=1S/C15H24ClN3/c1-3-15(2,19-10-4-5-11-19)14(18-17)12-6-8-13(16)9-7-12/h6-9,14,18H,3-5,10-11,17H2,1-2H3. The third kappa shape index (κ3) is 2.95. The first-order valence-corrected chi connectivity index (χ1v) is 7.46. The monoisotopic (exact) mass is 281 g/mol. The van der Waals surface area contributed by atoms with E-state index in [-0.39, 0.29) is 11.6 Å². The molecule has 0 radical (unpaired) electrons. The predicted octanol–water partition coefficient (Wildman–Crippen LogP) is 3.11. The third-order valence-corrected chi connectivity index (χ3v) is 4.79. The minimum atomic E-state index is 0.0408. The van der Waals surface area contributed by atoms with Gasteiger partial charge in [-0.2, -0.15) is 0 Å². The number of nitrogens with two attached hydrogens (primary N) is 1. The van der Waals surface area contributed by atoms with Crippen LogP contribution in [0.2, 0.25) is 5.02 Å². The first kappa shape index (κ1) is 14.8. The summed E-state index contributed by atoms with van der Waals surface area (Å²) in [4.78, 5) is 2.56. The summed E-state index contributed by atoms with van der Waals surface area (Å²) < 4.78 is 0. The minimum Gasteiger partial charge on any atom is -0.296 e. The van der Waals surface area contributed by atoms with E-state index in [1.165, 1.54) is 18.4 Å². The molecule has 1 aliphatic heterocycles. The highest BCUT2D eigenvalue weighted by Gasteiger charge is 2.39. The summed E-state index contributed by atoms with van der Waals surface area (Å²) in [6.07, 6.45) is 3.63. The molecule has 3 N–H and O–H groups in total. The van der Waals surface area contributed by atoms with Crippen molar-refractivity contribution < 1.29 is 0 Å². The van der Waals surface area contributed by atoms with E-state index in [4.69, 9.17) is 17.4 Å². The molecule has 2 rings (SSSR count). The van der Waals surface area contributed by atoms with Gasteiger partial charge in [-0.3, -0.25) is 16.2 Å². The fourth-order valence-electron chi connectivity index (χ4n) is 3.13. The van der Waals surface area contributed by atoms with Gasteiger partial charge in [0.2, 0.25) is 0 Å². The Balaban J connectivity index is 2.29. The molecular formula is C15H24ClN3. The van der Waals surface area contributed by atoms with E-state index in [2.05, 4.69) is 36.3 Å². The van der Waals surface area contributed by atoms with Gasteiger partial charge < -0.3 is 0 Å². The van der Waals surface area contributed by atoms with Crippen LogP contribution in [-0.2, 0) is 0 Å². The second-order valence-corrected chi connectivity index (χ2v) is 5.99. The van der Waals surface area contributed by atoms with Crippen molar-refractivity contribution in [3.63, 3.8) is 0 Å². The number of nitrogens with zero attached hydrogens (tertiary/aromatic N) is 1. The van der Waals surface area contributed by atoms with Crippen LogP contribution in [-0.4, -0.2) is 23.5 Å². The number of hydrogen-bond donors (Lipinski definition) is 2. The van der Waals surface area contributed by atoms with Crippen LogP contribution in [0.15, 0.2) is 24.3 Å². The zero-order valence-electron chi connectivity index (χ0n) is 11.8. The van der Waals surface area contributed by atoms with Crippen LogP contribution in [0.1, 0.15) is 44.7 Å². The molecule has 0 amide bonds. The number of likely N-dealkylation sites (tertiary alicyclic amines) is 1. The number of nitrogens with one attached hydrogen (secondary N) is 1. The van der Waals surface area contributed by atoms with Gasteiger partial charge in [0.1, 0.15) is 0 Å². The van der Waals surface area contributed by atoms with Crippen molar-refractivity contribution in [2.45, 2.75) is 44.7 Å². The summed E-state index contributed by atoms with van der Waals surface area (Å²) in [6, 6.07) is 8.11. The van der Waals surface area contributed by atoms with Crippen LogP contribution in [0, 0.1) is 0 Å². The van der Waals surface area contributed by atoms with E-state index in [1.807, 2.05) is 12.1 Å². The number of benzene rings is 1. The van der Waals surface area contributed by atoms with Crippen LogP contribution in [0.4, 0.5) is 0 Å². The van der Waals surface area contributed by atoms with Crippen molar-refractivity contribution in [2.24, 2.45) is 5.84 Å². The Morgan fingerprint density at radius 2 is 1.89 bits per heavy atom. The maximum absolute atomic E-state index is 5.97. The number of hydrogen-bond acceptors (Lipinski definition) is 3. The average molecular weight is 282 g/mol. The molecule has 2 unspecified atom stereocenters. The lowest BCUT2D eigenvalue weighted by Crippen LogP contribution is -2.54. The van der Waals surface area contributed by atoms with Crippen LogP contribution >= 0.6 is 11.6 Å². The molecule has 0 spiro atoms. The number of hydrazine groups is 1. The number of rotatable bonds is 5. The first-order chi connectivity index (χ1) is 9.11. The van der Waals surface area contributed by atoms with Crippen LogP contribution in [0.5, 0.6) is 0 Å². The second-order valence-electron chi connectivity index (χ2n) is 5.56. The van der Waals surface area contributed by atoms with Crippen molar-refractivity contribution in [2.75, 3.05) is 13.1 Å². The van der Waals surface area contributed by atoms with E-state index < -0.39 is 0 Å². The summed E-state index contributed by atoms with van der Waals surface area (Å²) in [5.74, 6) is 5.86. The molecule has 2 atom stereocenters. The van der Waals surface area contributed by atoms with E-state index in [0.29, 0.717) is 0 Å². The fraction of sp³-hybridized carbons (Fsp3) is 0.600. The zero-order chi connectivity index (χ0) is 13.9. The summed E-state index contributed by atoms with van der Waals surface area (Å²) in [6.45, 7) is 6.86. The first-order valence-electron chi connectivity index (χ1n) is 7.08. The molecule has 19 heavy (non-hydrogen) atoms. The molecule has 0 saturated carbocycles.